The van der Waals surface area contributed by atoms with Crippen molar-refractivity contribution in [3.05, 3.63) is 59.7 Å². The molecule has 7 heteroatoms. The van der Waals surface area contributed by atoms with E-state index in [0.29, 0.717) is 17.2 Å². The van der Waals surface area contributed by atoms with Gasteiger partial charge in [0.05, 0.1) is 28.4 Å². The summed E-state index contributed by atoms with van der Waals surface area (Å²) in [7, 11) is 0. The van der Waals surface area contributed by atoms with Crippen LogP contribution in [0.3, 0.4) is 0 Å². The van der Waals surface area contributed by atoms with Gasteiger partial charge < -0.3 is 5.32 Å². The number of nitriles is 1. The topological polar surface area (TPSA) is 72.3 Å². The number of anilines is 1. The van der Waals surface area contributed by atoms with Gasteiger partial charge in [0.2, 0.25) is 5.91 Å². The molecule has 142 valence electrons. The fourth-order valence-electron chi connectivity index (χ4n) is 3.39. The van der Waals surface area contributed by atoms with Gasteiger partial charge >= 0.3 is 0 Å². The maximum absolute atomic E-state index is 12.4. The third-order valence-electron chi connectivity index (χ3n) is 4.83. The molecule has 1 amide bonds. The molecular weight excluding hydrogens is 370 g/mol. The Balaban J connectivity index is 1.25. The van der Waals surface area contributed by atoms with E-state index < -0.39 is 0 Å². The van der Waals surface area contributed by atoms with Gasteiger partial charge in [-0.3, -0.25) is 14.6 Å². The standard InChI is InChI=1S/C21H21N5OS/c22-13-16-4-3-5-17(12-16)14-25-8-10-26(11-9-25)15-20(27)24-21-23-18-6-1-2-7-19(18)28-21/h1-7,12H,8-11,14-15H2,(H,23,24,27). The van der Waals surface area contributed by atoms with Crippen LogP contribution in [-0.2, 0) is 11.3 Å². The first kappa shape index (κ1) is 18.6. The number of rotatable bonds is 5. The zero-order valence-electron chi connectivity index (χ0n) is 15.5. The highest BCUT2D eigenvalue weighted by atomic mass is 32.1. The van der Waals surface area contributed by atoms with E-state index in [2.05, 4.69) is 32.2 Å². The molecule has 1 N–H and O–H groups in total. The molecule has 1 aromatic heterocycles. The molecular formula is C21H21N5OS. The van der Waals surface area contributed by atoms with Crippen molar-refractivity contribution in [3.8, 4) is 6.07 Å². The summed E-state index contributed by atoms with van der Waals surface area (Å²) in [4.78, 5) is 21.4. The summed E-state index contributed by atoms with van der Waals surface area (Å²) in [6.07, 6.45) is 0. The molecule has 2 aromatic carbocycles. The van der Waals surface area contributed by atoms with Crippen LogP contribution in [0.4, 0.5) is 5.13 Å². The second-order valence-corrected chi connectivity index (χ2v) is 7.93. The molecule has 28 heavy (non-hydrogen) atoms. The lowest BCUT2D eigenvalue weighted by molar-refractivity contribution is -0.117. The average molecular weight is 392 g/mol. The van der Waals surface area contributed by atoms with Gasteiger partial charge in [-0.25, -0.2) is 4.98 Å². The molecule has 1 fully saturated rings. The molecule has 0 radical (unpaired) electrons. The Bertz CT molecular complexity index is 984. The zero-order chi connectivity index (χ0) is 19.3. The molecule has 6 nitrogen and oxygen atoms in total. The lowest BCUT2D eigenvalue weighted by Gasteiger charge is -2.34. The summed E-state index contributed by atoms with van der Waals surface area (Å²) in [6.45, 7) is 4.74. The number of thiazole rings is 1. The van der Waals surface area contributed by atoms with Crippen molar-refractivity contribution in [2.24, 2.45) is 0 Å². The van der Waals surface area contributed by atoms with Gasteiger partial charge in [-0.05, 0) is 29.8 Å². The fraction of sp³-hybridized carbons (Fsp3) is 0.286. The molecule has 0 saturated carbocycles. The molecule has 1 aliphatic rings. The SMILES string of the molecule is N#Cc1cccc(CN2CCN(CC(=O)Nc3nc4ccccc4s3)CC2)c1. The monoisotopic (exact) mass is 391 g/mol. The number of benzene rings is 2. The van der Waals surface area contributed by atoms with E-state index in [1.165, 1.54) is 11.3 Å². The highest BCUT2D eigenvalue weighted by Gasteiger charge is 2.19. The van der Waals surface area contributed by atoms with E-state index >= 15 is 0 Å². The van der Waals surface area contributed by atoms with E-state index in [0.717, 1.165) is 48.5 Å². The molecule has 0 spiro atoms. The van der Waals surface area contributed by atoms with Crippen LogP contribution in [0.2, 0.25) is 0 Å². The number of nitrogens with zero attached hydrogens (tertiary/aromatic N) is 4. The van der Waals surface area contributed by atoms with Gasteiger partial charge in [0.1, 0.15) is 0 Å². The normalized spacial score (nSPS) is 15.4. The van der Waals surface area contributed by atoms with Crippen LogP contribution in [0.5, 0.6) is 0 Å². The summed E-state index contributed by atoms with van der Waals surface area (Å²) in [5, 5.41) is 12.6. The minimum Gasteiger partial charge on any atom is -0.301 e. The molecule has 1 aliphatic heterocycles. The van der Waals surface area contributed by atoms with Crippen molar-refractivity contribution < 1.29 is 4.79 Å². The number of hydrogen-bond acceptors (Lipinski definition) is 6. The lowest BCUT2D eigenvalue weighted by Crippen LogP contribution is -2.48. The van der Waals surface area contributed by atoms with Gasteiger partial charge in [0.15, 0.2) is 5.13 Å². The van der Waals surface area contributed by atoms with E-state index in [9.17, 15) is 4.79 Å². The number of carbonyl (C=O) groups excluding carboxylic acids is 1. The summed E-state index contributed by atoms with van der Waals surface area (Å²) >= 11 is 1.50. The Kier molecular flexibility index (Phi) is 5.63. The number of para-hydroxylation sites is 1. The molecule has 1 saturated heterocycles. The third-order valence-corrected chi connectivity index (χ3v) is 5.79. The van der Waals surface area contributed by atoms with Gasteiger partial charge in [-0.15, -0.1) is 0 Å². The molecule has 2 heterocycles. The van der Waals surface area contributed by atoms with E-state index in [1.54, 1.807) is 0 Å². The van der Waals surface area contributed by atoms with Crippen LogP contribution in [0, 0.1) is 11.3 Å². The smallest absolute Gasteiger partial charge is 0.240 e. The van der Waals surface area contributed by atoms with Gasteiger partial charge in [0.25, 0.3) is 0 Å². The minimum absolute atomic E-state index is 0.0192. The molecule has 0 atom stereocenters. The molecule has 0 aliphatic carbocycles. The number of aromatic nitrogens is 1. The van der Waals surface area contributed by atoms with Crippen LogP contribution in [-0.4, -0.2) is 53.4 Å². The molecule has 0 unspecified atom stereocenters. The van der Waals surface area contributed by atoms with Crippen molar-refractivity contribution in [2.75, 3.05) is 38.0 Å². The first-order valence-corrected chi connectivity index (χ1v) is 10.1. The van der Waals surface area contributed by atoms with Gasteiger partial charge in [-0.1, -0.05) is 35.6 Å². The molecule has 3 aromatic rings. The van der Waals surface area contributed by atoms with E-state index in [4.69, 9.17) is 5.26 Å². The van der Waals surface area contributed by atoms with Gasteiger partial charge in [-0.2, -0.15) is 5.26 Å². The maximum atomic E-state index is 12.4. The Morgan fingerprint density at radius 2 is 1.89 bits per heavy atom. The van der Waals surface area contributed by atoms with Crippen molar-refractivity contribution in [1.29, 1.82) is 5.26 Å². The summed E-state index contributed by atoms with van der Waals surface area (Å²) in [6, 6.07) is 17.8. The van der Waals surface area contributed by atoms with Crippen LogP contribution < -0.4 is 5.32 Å². The number of piperazine rings is 1. The van der Waals surface area contributed by atoms with Gasteiger partial charge in [0, 0.05) is 32.7 Å². The van der Waals surface area contributed by atoms with Crippen LogP contribution in [0.25, 0.3) is 10.2 Å². The maximum Gasteiger partial charge on any atom is 0.240 e. The van der Waals surface area contributed by atoms with Crippen molar-refractivity contribution in [1.82, 2.24) is 14.8 Å². The average Bonchev–Trinajstić information content (AvgIpc) is 3.11. The number of fused-ring (bicyclic) bond motifs is 1. The number of amides is 1. The van der Waals surface area contributed by atoms with Crippen LogP contribution in [0.1, 0.15) is 11.1 Å². The molecule has 0 bridgehead atoms. The number of hydrogen-bond donors (Lipinski definition) is 1. The van der Waals surface area contributed by atoms with Crippen LogP contribution in [0.15, 0.2) is 48.5 Å². The van der Waals surface area contributed by atoms with E-state index in [-0.39, 0.29) is 5.91 Å². The second-order valence-electron chi connectivity index (χ2n) is 6.90. The predicted molar refractivity (Wildman–Crippen MR) is 111 cm³/mol. The van der Waals surface area contributed by atoms with Crippen molar-refractivity contribution in [3.63, 3.8) is 0 Å². The zero-order valence-corrected chi connectivity index (χ0v) is 16.3. The summed E-state index contributed by atoms with van der Waals surface area (Å²) in [5.74, 6) is -0.0192. The summed E-state index contributed by atoms with van der Waals surface area (Å²) in [5.41, 5.74) is 2.76. The Hall–Kier alpha value is -2.79. The van der Waals surface area contributed by atoms with Crippen LogP contribution >= 0.6 is 11.3 Å². The van der Waals surface area contributed by atoms with Crippen molar-refractivity contribution >= 4 is 32.6 Å². The fourth-order valence-corrected chi connectivity index (χ4v) is 4.27. The van der Waals surface area contributed by atoms with Crippen molar-refractivity contribution in [2.45, 2.75) is 6.54 Å². The Morgan fingerprint density at radius 1 is 1.11 bits per heavy atom. The predicted octanol–water partition coefficient (Wildman–Crippen LogP) is 2.92. The Morgan fingerprint density at radius 3 is 2.68 bits per heavy atom. The largest absolute Gasteiger partial charge is 0.301 e. The summed E-state index contributed by atoms with van der Waals surface area (Å²) < 4.78 is 1.08. The third kappa shape index (κ3) is 4.54. The first-order chi connectivity index (χ1) is 13.7. The highest BCUT2D eigenvalue weighted by molar-refractivity contribution is 7.22. The number of carbonyl (C=O) groups is 1. The molecule has 4 rings (SSSR count). The lowest BCUT2D eigenvalue weighted by atomic mass is 10.1. The quantitative estimate of drug-likeness (QED) is 0.724. The van der Waals surface area contributed by atoms with E-state index in [1.807, 2.05) is 42.5 Å². The first-order valence-electron chi connectivity index (χ1n) is 9.29. The Labute approximate surface area is 168 Å². The number of nitrogens with one attached hydrogen (secondary N) is 1. The second kappa shape index (κ2) is 8.48. The minimum atomic E-state index is -0.0192. The highest BCUT2D eigenvalue weighted by Crippen LogP contribution is 2.25.